The van der Waals surface area contributed by atoms with Gasteiger partial charge < -0.3 is 5.11 Å². The molecule has 0 aromatic heterocycles. The first kappa shape index (κ1) is 20.4. The summed E-state index contributed by atoms with van der Waals surface area (Å²) >= 11 is 0. The molecule has 0 saturated heterocycles. The van der Waals surface area contributed by atoms with Gasteiger partial charge in [-0.2, -0.15) is 0 Å². The first-order chi connectivity index (χ1) is 11.3. The van der Waals surface area contributed by atoms with E-state index in [9.17, 15) is 5.11 Å². The number of amidine groups is 1. The zero-order chi connectivity index (χ0) is 16.8. The number of aliphatic hydroxyl groups excluding tert-OH is 1. The maximum atomic E-state index is 9.32. The number of allylic oxidation sites excluding steroid dienone is 2. The Bertz CT molecular complexity index is 352. The maximum absolute atomic E-state index is 9.32. The van der Waals surface area contributed by atoms with Crippen molar-refractivity contribution in [2.24, 2.45) is 4.99 Å². The number of hydrogen-bond donors (Lipinski definition) is 1. The van der Waals surface area contributed by atoms with E-state index in [1.54, 1.807) is 0 Å². The minimum Gasteiger partial charge on any atom is -0.390 e. The van der Waals surface area contributed by atoms with Crippen LogP contribution < -0.4 is 0 Å². The Morgan fingerprint density at radius 1 is 1.00 bits per heavy atom. The van der Waals surface area contributed by atoms with Gasteiger partial charge in [0, 0.05) is 6.42 Å². The number of unbranched alkanes of at least 4 members (excludes halogenated alkanes) is 7. The predicted molar refractivity (Wildman–Crippen MR) is 101 cm³/mol. The highest BCUT2D eigenvalue weighted by Crippen LogP contribution is 2.19. The maximum Gasteiger partial charge on any atom is 0.198 e. The van der Waals surface area contributed by atoms with Crippen LogP contribution in [0.3, 0.4) is 0 Å². The molecular formula is C20H39N2O+. The van der Waals surface area contributed by atoms with Gasteiger partial charge in [-0.25, -0.2) is 4.99 Å². The molecule has 0 fully saturated rings. The van der Waals surface area contributed by atoms with Crippen molar-refractivity contribution in [3.63, 3.8) is 0 Å². The molecular weight excluding hydrogens is 284 g/mol. The van der Waals surface area contributed by atoms with E-state index in [0.29, 0.717) is 0 Å². The Morgan fingerprint density at radius 2 is 1.70 bits per heavy atom. The largest absolute Gasteiger partial charge is 0.390 e. The lowest BCUT2D eigenvalue weighted by molar-refractivity contribution is -0.835. The van der Waals surface area contributed by atoms with Crippen LogP contribution in [-0.2, 0) is 0 Å². The number of aliphatic imine (C=N–C) groups is 1. The summed E-state index contributed by atoms with van der Waals surface area (Å²) in [6.45, 7) is 8.72. The second kappa shape index (κ2) is 12.7. The molecule has 1 atom stereocenters. The van der Waals surface area contributed by atoms with Crippen molar-refractivity contribution in [2.75, 3.05) is 32.8 Å². The molecule has 0 aliphatic carbocycles. The van der Waals surface area contributed by atoms with Crippen molar-refractivity contribution < 1.29 is 9.59 Å². The molecule has 0 amide bonds. The third kappa shape index (κ3) is 7.63. The first-order valence-electron chi connectivity index (χ1n) is 9.95. The van der Waals surface area contributed by atoms with Gasteiger partial charge in [0.1, 0.15) is 13.1 Å². The molecule has 1 aliphatic heterocycles. The number of hydrogen-bond acceptors (Lipinski definition) is 2. The molecule has 1 unspecified atom stereocenters. The number of quaternary nitrogens is 1. The van der Waals surface area contributed by atoms with Crippen molar-refractivity contribution in [3.8, 4) is 0 Å². The Morgan fingerprint density at radius 3 is 2.35 bits per heavy atom. The zero-order valence-corrected chi connectivity index (χ0v) is 15.6. The Hall–Kier alpha value is -0.670. The van der Waals surface area contributed by atoms with Crippen molar-refractivity contribution in [3.05, 3.63) is 12.2 Å². The van der Waals surface area contributed by atoms with Gasteiger partial charge in [-0.1, -0.05) is 44.8 Å². The van der Waals surface area contributed by atoms with Crippen molar-refractivity contribution in [1.82, 2.24) is 0 Å². The van der Waals surface area contributed by atoms with Crippen LogP contribution in [0.2, 0.25) is 0 Å². The summed E-state index contributed by atoms with van der Waals surface area (Å²) in [6.07, 6.45) is 17.6. The molecule has 1 N–H and O–H groups in total. The minimum atomic E-state index is 0.275. The van der Waals surface area contributed by atoms with Gasteiger partial charge in [-0.05, 0) is 39.0 Å². The van der Waals surface area contributed by atoms with Crippen LogP contribution in [0.15, 0.2) is 17.1 Å². The quantitative estimate of drug-likeness (QED) is 0.280. The summed E-state index contributed by atoms with van der Waals surface area (Å²) in [6, 6.07) is 0. The summed E-state index contributed by atoms with van der Waals surface area (Å²) in [7, 11) is 0. The second-order valence-electron chi connectivity index (χ2n) is 6.85. The summed E-state index contributed by atoms with van der Waals surface area (Å²) < 4.78 is 0.941. The average Bonchev–Trinajstić information content (AvgIpc) is 2.96. The third-order valence-electron chi connectivity index (χ3n) is 5.17. The molecule has 0 radical (unpaired) electrons. The van der Waals surface area contributed by atoms with Crippen LogP contribution in [0.4, 0.5) is 0 Å². The monoisotopic (exact) mass is 323 g/mol. The Balaban J connectivity index is 2.06. The summed E-state index contributed by atoms with van der Waals surface area (Å²) in [5.41, 5.74) is 0. The van der Waals surface area contributed by atoms with Crippen LogP contribution in [0.25, 0.3) is 0 Å². The summed E-state index contributed by atoms with van der Waals surface area (Å²) in [5.74, 6) is 1.34. The average molecular weight is 324 g/mol. The van der Waals surface area contributed by atoms with Crippen LogP contribution in [-0.4, -0.2) is 48.2 Å². The lowest BCUT2D eigenvalue weighted by Crippen LogP contribution is -2.52. The highest BCUT2D eigenvalue weighted by molar-refractivity contribution is 5.76. The van der Waals surface area contributed by atoms with E-state index >= 15 is 0 Å². The fourth-order valence-electron chi connectivity index (χ4n) is 3.54. The van der Waals surface area contributed by atoms with Gasteiger partial charge in [-0.3, -0.25) is 4.48 Å². The van der Waals surface area contributed by atoms with Gasteiger partial charge in [0.05, 0.1) is 19.7 Å². The lowest BCUT2D eigenvalue weighted by Gasteiger charge is -2.33. The molecule has 134 valence electrons. The zero-order valence-electron chi connectivity index (χ0n) is 15.6. The highest BCUT2D eigenvalue weighted by atomic mass is 16.3. The Labute approximate surface area is 144 Å². The summed E-state index contributed by atoms with van der Waals surface area (Å²) in [4.78, 5) is 4.73. The SMILES string of the molecule is CCCCC/C=C/CCCCCCC1=NCC[N+]1(CC)CCO. The molecule has 23 heavy (non-hydrogen) atoms. The molecule has 1 rings (SSSR count). The first-order valence-corrected chi connectivity index (χ1v) is 9.95. The molecule has 0 saturated carbocycles. The molecule has 1 heterocycles. The van der Waals surface area contributed by atoms with Gasteiger partial charge in [0.25, 0.3) is 0 Å². The number of nitrogens with zero attached hydrogens (tertiary/aromatic N) is 2. The Kier molecular flexibility index (Phi) is 11.3. The van der Waals surface area contributed by atoms with E-state index < -0.39 is 0 Å². The topological polar surface area (TPSA) is 32.6 Å². The fraction of sp³-hybridized carbons (Fsp3) is 0.850. The lowest BCUT2D eigenvalue weighted by atomic mass is 10.1. The molecule has 0 aromatic rings. The van der Waals surface area contributed by atoms with Gasteiger partial charge >= 0.3 is 0 Å². The van der Waals surface area contributed by atoms with Crippen LogP contribution in [0, 0.1) is 0 Å². The van der Waals surface area contributed by atoms with Crippen LogP contribution >= 0.6 is 0 Å². The summed E-state index contributed by atoms with van der Waals surface area (Å²) in [5, 5.41) is 9.32. The smallest absolute Gasteiger partial charge is 0.198 e. The highest BCUT2D eigenvalue weighted by Gasteiger charge is 2.35. The van der Waals surface area contributed by atoms with Crippen LogP contribution in [0.5, 0.6) is 0 Å². The minimum absolute atomic E-state index is 0.275. The van der Waals surface area contributed by atoms with Crippen molar-refractivity contribution in [1.29, 1.82) is 0 Å². The normalized spacial score (nSPS) is 21.3. The van der Waals surface area contributed by atoms with Crippen LogP contribution in [0.1, 0.15) is 78.1 Å². The second-order valence-corrected chi connectivity index (χ2v) is 6.85. The molecule has 0 spiro atoms. The van der Waals surface area contributed by atoms with E-state index in [0.717, 1.165) is 37.1 Å². The molecule has 0 aromatic carbocycles. The number of aliphatic hydroxyl groups is 1. The van der Waals surface area contributed by atoms with Gasteiger partial charge in [0.15, 0.2) is 5.84 Å². The molecule has 1 aliphatic rings. The number of rotatable bonds is 14. The fourth-order valence-corrected chi connectivity index (χ4v) is 3.54. The van der Waals surface area contributed by atoms with Gasteiger partial charge in [0.2, 0.25) is 0 Å². The predicted octanol–water partition coefficient (Wildman–Crippen LogP) is 4.70. The van der Waals surface area contributed by atoms with Gasteiger partial charge in [-0.15, -0.1) is 0 Å². The molecule has 3 heteroatoms. The van der Waals surface area contributed by atoms with E-state index in [1.807, 2.05) is 0 Å². The third-order valence-corrected chi connectivity index (χ3v) is 5.17. The number of likely N-dealkylation sites (N-methyl/N-ethyl adjacent to an activating group) is 1. The molecule has 3 nitrogen and oxygen atoms in total. The van der Waals surface area contributed by atoms with E-state index in [1.165, 1.54) is 63.6 Å². The van der Waals surface area contributed by atoms with Crippen molar-refractivity contribution in [2.45, 2.75) is 78.1 Å². The van der Waals surface area contributed by atoms with Crippen molar-refractivity contribution >= 4 is 5.84 Å². The van der Waals surface area contributed by atoms with E-state index in [-0.39, 0.29) is 6.61 Å². The van der Waals surface area contributed by atoms with E-state index in [4.69, 9.17) is 4.99 Å². The molecule has 0 bridgehead atoms. The standard InChI is InChI=1S/C20H39N2O/c1-3-5-6-7-8-9-10-11-12-13-14-15-20-21-16-17-22(20,4-2)18-19-23/h8-9,23H,3-7,10-19H2,1-2H3/q+1/b9-8+. The van der Waals surface area contributed by atoms with E-state index in [2.05, 4.69) is 26.0 Å².